The standard InChI is InChI=1S/C14H16N6/c1-2-6-20-10-12-9-17-14(18-13(12)19-20)16-8-11-4-3-5-15-7-11/h3-5,7,9-10H,2,6,8H2,1H3,(H,16,18,19). The van der Waals surface area contributed by atoms with Crippen LogP contribution in [0.1, 0.15) is 18.9 Å². The first kappa shape index (κ1) is 12.5. The molecular formula is C14H16N6. The molecule has 0 spiro atoms. The molecule has 0 fully saturated rings. The molecule has 3 rings (SSSR count). The zero-order valence-electron chi connectivity index (χ0n) is 11.3. The van der Waals surface area contributed by atoms with Crippen molar-refractivity contribution in [3.8, 4) is 0 Å². The maximum atomic E-state index is 4.43. The molecule has 3 aromatic heterocycles. The average Bonchev–Trinajstić information content (AvgIpc) is 2.88. The largest absolute Gasteiger partial charge is 0.350 e. The molecule has 0 atom stereocenters. The Balaban J connectivity index is 1.75. The fraction of sp³-hybridized carbons (Fsp3) is 0.286. The van der Waals surface area contributed by atoms with E-state index >= 15 is 0 Å². The lowest BCUT2D eigenvalue weighted by atomic mass is 10.3. The van der Waals surface area contributed by atoms with Crippen LogP contribution in [0.5, 0.6) is 0 Å². The van der Waals surface area contributed by atoms with Gasteiger partial charge in [0.15, 0.2) is 5.65 Å². The van der Waals surface area contributed by atoms with Gasteiger partial charge in [-0.15, -0.1) is 0 Å². The minimum Gasteiger partial charge on any atom is -0.350 e. The van der Waals surface area contributed by atoms with Gasteiger partial charge in [-0.05, 0) is 18.1 Å². The van der Waals surface area contributed by atoms with Gasteiger partial charge in [0.1, 0.15) is 0 Å². The third-order valence-corrected chi connectivity index (χ3v) is 2.93. The lowest BCUT2D eigenvalue weighted by molar-refractivity contribution is 0.607. The van der Waals surface area contributed by atoms with E-state index in [1.165, 1.54) is 0 Å². The van der Waals surface area contributed by atoms with Gasteiger partial charge in [0.25, 0.3) is 0 Å². The number of nitrogens with one attached hydrogen (secondary N) is 1. The lowest BCUT2D eigenvalue weighted by Crippen LogP contribution is -2.03. The molecule has 20 heavy (non-hydrogen) atoms. The lowest BCUT2D eigenvalue weighted by Gasteiger charge is -2.03. The molecule has 0 aliphatic rings. The molecule has 0 saturated heterocycles. The third kappa shape index (κ3) is 2.74. The second kappa shape index (κ2) is 5.64. The van der Waals surface area contributed by atoms with Gasteiger partial charge >= 0.3 is 0 Å². The van der Waals surface area contributed by atoms with Crippen LogP contribution in [-0.2, 0) is 13.1 Å². The van der Waals surface area contributed by atoms with E-state index in [4.69, 9.17) is 0 Å². The van der Waals surface area contributed by atoms with Crippen LogP contribution in [0.4, 0.5) is 5.95 Å². The van der Waals surface area contributed by atoms with Crippen LogP contribution in [0.15, 0.2) is 36.9 Å². The van der Waals surface area contributed by atoms with Crippen LogP contribution < -0.4 is 5.32 Å². The predicted octanol–water partition coefficient (Wildman–Crippen LogP) is 2.24. The van der Waals surface area contributed by atoms with E-state index < -0.39 is 0 Å². The SMILES string of the molecule is CCCn1cc2cnc(NCc3cccnc3)nc2n1. The summed E-state index contributed by atoms with van der Waals surface area (Å²) in [6.07, 6.45) is 8.40. The minimum absolute atomic E-state index is 0.586. The molecule has 0 bridgehead atoms. The van der Waals surface area contributed by atoms with E-state index in [-0.39, 0.29) is 0 Å². The van der Waals surface area contributed by atoms with E-state index in [9.17, 15) is 0 Å². The van der Waals surface area contributed by atoms with Crippen LogP contribution in [-0.4, -0.2) is 24.7 Å². The van der Waals surface area contributed by atoms with Gasteiger partial charge in [-0.25, -0.2) is 4.98 Å². The quantitative estimate of drug-likeness (QED) is 0.768. The number of fused-ring (bicyclic) bond motifs is 1. The number of aryl methyl sites for hydroxylation is 1. The maximum absolute atomic E-state index is 4.43. The van der Waals surface area contributed by atoms with Crippen molar-refractivity contribution >= 4 is 17.0 Å². The summed E-state index contributed by atoms with van der Waals surface area (Å²) in [6.45, 7) is 3.67. The maximum Gasteiger partial charge on any atom is 0.225 e. The Hall–Kier alpha value is -2.50. The number of pyridine rings is 1. The molecule has 3 aromatic rings. The number of hydrogen-bond acceptors (Lipinski definition) is 5. The van der Waals surface area contributed by atoms with Crippen molar-refractivity contribution < 1.29 is 0 Å². The molecule has 6 heteroatoms. The number of rotatable bonds is 5. The highest BCUT2D eigenvalue weighted by molar-refractivity contribution is 5.73. The van der Waals surface area contributed by atoms with Gasteiger partial charge in [0.2, 0.25) is 5.95 Å². The Kier molecular flexibility index (Phi) is 3.54. The molecule has 1 N–H and O–H groups in total. The van der Waals surface area contributed by atoms with E-state index in [0.717, 1.165) is 29.6 Å². The van der Waals surface area contributed by atoms with Crippen molar-refractivity contribution in [1.29, 1.82) is 0 Å². The molecular weight excluding hydrogens is 252 g/mol. The topological polar surface area (TPSA) is 68.5 Å². The molecule has 6 nitrogen and oxygen atoms in total. The summed E-state index contributed by atoms with van der Waals surface area (Å²) in [5.74, 6) is 0.586. The summed E-state index contributed by atoms with van der Waals surface area (Å²) in [5, 5.41) is 8.58. The Morgan fingerprint density at radius 1 is 1.30 bits per heavy atom. The first-order valence-electron chi connectivity index (χ1n) is 6.68. The molecule has 0 amide bonds. The summed E-state index contributed by atoms with van der Waals surface area (Å²) in [5.41, 5.74) is 1.81. The smallest absolute Gasteiger partial charge is 0.225 e. The highest BCUT2D eigenvalue weighted by atomic mass is 15.3. The normalized spacial score (nSPS) is 10.8. The van der Waals surface area contributed by atoms with Gasteiger partial charge in [0.05, 0.1) is 5.39 Å². The summed E-state index contributed by atoms with van der Waals surface area (Å²) < 4.78 is 1.91. The van der Waals surface area contributed by atoms with Crippen molar-refractivity contribution in [2.75, 3.05) is 5.32 Å². The molecule has 0 radical (unpaired) electrons. The summed E-state index contributed by atoms with van der Waals surface area (Å²) >= 11 is 0. The Morgan fingerprint density at radius 2 is 2.25 bits per heavy atom. The fourth-order valence-corrected chi connectivity index (χ4v) is 1.98. The fourth-order valence-electron chi connectivity index (χ4n) is 1.98. The first-order chi connectivity index (χ1) is 9.85. The molecule has 0 aliphatic heterocycles. The van der Waals surface area contributed by atoms with Crippen LogP contribution in [0.2, 0.25) is 0 Å². The monoisotopic (exact) mass is 268 g/mol. The van der Waals surface area contributed by atoms with Crippen LogP contribution in [0.3, 0.4) is 0 Å². The highest BCUT2D eigenvalue weighted by Gasteiger charge is 2.04. The Morgan fingerprint density at radius 3 is 3.05 bits per heavy atom. The number of anilines is 1. The summed E-state index contributed by atoms with van der Waals surface area (Å²) in [4.78, 5) is 12.8. The minimum atomic E-state index is 0.586. The van der Waals surface area contributed by atoms with Crippen LogP contribution in [0.25, 0.3) is 11.0 Å². The van der Waals surface area contributed by atoms with Gasteiger partial charge in [-0.2, -0.15) is 10.1 Å². The van der Waals surface area contributed by atoms with Gasteiger partial charge < -0.3 is 5.32 Å². The zero-order chi connectivity index (χ0) is 13.8. The van der Waals surface area contributed by atoms with E-state index in [0.29, 0.717) is 12.5 Å². The van der Waals surface area contributed by atoms with E-state index in [1.54, 1.807) is 12.4 Å². The van der Waals surface area contributed by atoms with Gasteiger partial charge in [-0.1, -0.05) is 13.0 Å². The van der Waals surface area contributed by atoms with Crippen LogP contribution in [0, 0.1) is 0 Å². The zero-order valence-corrected chi connectivity index (χ0v) is 11.3. The van der Waals surface area contributed by atoms with E-state index in [2.05, 4.69) is 32.3 Å². The average molecular weight is 268 g/mol. The Bertz CT molecular complexity index is 691. The highest BCUT2D eigenvalue weighted by Crippen LogP contribution is 2.11. The molecule has 0 unspecified atom stereocenters. The summed E-state index contributed by atoms with van der Waals surface area (Å²) in [7, 11) is 0. The number of aromatic nitrogens is 5. The second-order valence-corrected chi connectivity index (χ2v) is 4.58. The van der Waals surface area contributed by atoms with E-state index in [1.807, 2.05) is 29.2 Å². The van der Waals surface area contributed by atoms with Crippen molar-refractivity contribution in [3.05, 3.63) is 42.5 Å². The van der Waals surface area contributed by atoms with Crippen molar-refractivity contribution in [1.82, 2.24) is 24.7 Å². The van der Waals surface area contributed by atoms with Crippen LogP contribution >= 0.6 is 0 Å². The molecule has 0 aliphatic carbocycles. The number of nitrogens with zero attached hydrogens (tertiary/aromatic N) is 5. The number of hydrogen-bond donors (Lipinski definition) is 1. The van der Waals surface area contributed by atoms with Crippen molar-refractivity contribution in [2.45, 2.75) is 26.4 Å². The van der Waals surface area contributed by atoms with Crippen molar-refractivity contribution in [3.63, 3.8) is 0 Å². The Labute approximate surface area is 116 Å². The predicted molar refractivity (Wildman–Crippen MR) is 77.2 cm³/mol. The van der Waals surface area contributed by atoms with Crippen molar-refractivity contribution in [2.24, 2.45) is 0 Å². The molecule has 3 heterocycles. The van der Waals surface area contributed by atoms with Gasteiger partial charge in [0, 0.05) is 37.9 Å². The second-order valence-electron chi connectivity index (χ2n) is 4.58. The molecule has 0 aromatic carbocycles. The molecule has 102 valence electrons. The molecule has 0 saturated carbocycles. The summed E-state index contributed by atoms with van der Waals surface area (Å²) in [6, 6.07) is 3.92. The van der Waals surface area contributed by atoms with Gasteiger partial charge in [-0.3, -0.25) is 9.67 Å². The first-order valence-corrected chi connectivity index (χ1v) is 6.68. The third-order valence-electron chi connectivity index (χ3n) is 2.93.